The lowest BCUT2D eigenvalue weighted by atomic mass is 10.2. The first kappa shape index (κ1) is 22.0. The first-order chi connectivity index (χ1) is 14.7. The number of piperazine rings is 1. The maximum Gasteiger partial charge on any atom is 0.417 e. The minimum Gasteiger partial charge on any atom is -0.339 e. The van der Waals surface area contributed by atoms with E-state index in [0.29, 0.717) is 5.16 Å². The molecular formula is C17H19F3N6O3S2. The highest BCUT2D eigenvalue weighted by Crippen LogP contribution is 2.37. The quantitative estimate of drug-likeness (QED) is 0.585. The van der Waals surface area contributed by atoms with Gasteiger partial charge in [-0.15, -0.1) is 5.10 Å². The van der Waals surface area contributed by atoms with Crippen molar-refractivity contribution in [1.82, 2.24) is 29.4 Å². The van der Waals surface area contributed by atoms with Crippen LogP contribution in [-0.2, 0) is 21.0 Å². The number of aromatic nitrogens is 4. The molecule has 2 heterocycles. The number of halogens is 3. The van der Waals surface area contributed by atoms with E-state index in [9.17, 15) is 26.4 Å². The first-order valence-electron chi connectivity index (χ1n) is 9.53. The number of carbonyl (C=O) groups excluding carboxylic acids is 1. The van der Waals surface area contributed by atoms with Gasteiger partial charge < -0.3 is 4.90 Å². The van der Waals surface area contributed by atoms with Crippen LogP contribution >= 0.6 is 11.8 Å². The number of benzene rings is 1. The molecule has 14 heteroatoms. The summed E-state index contributed by atoms with van der Waals surface area (Å²) in [4.78, 5) is 13.2. The molecule has 1 amide bonds. The summed E-state index contributed by atoms with van der Waals surface area (Å²) in [6.45, 7) is 0.0379. The summed E-state index contributed by atoms with van der Waals surface area (Å²) in [5.74, 6) is -0.111. The van der Waals surface area contributed by atoms with Crippen molar-refractivity contribution in [1.29, 1.82) is 0 Å². The van der Waals surface area contributed by atoms with Gasteiger partial charge in [0.25, 0.3) is 0 Å². The molecule has 0 N–H and O–H groups in total. The van der Waals surface area contributed by atoms with Crippen LogP contribution in [0, 0.1) is 0 Å². The number of hydrogen-bond donors (Lipinski definition) is 0. The zero-order valence-corrected chi connectivity index (χ0v) is 17.8. The molecule has 1 aromatic heterocycles. The molecule has 0 atom stereocenters. The Morgan fingerprint density at radius 3 is 2.45 bits per heavy atom. The van der Waals surface area contributed by atoms with Crippen molar-refractivity contribution in [3.8, 4) is 0 Å². The van der Waals surface area contributed by atoms with Crippen LogP contribution in [0.4, 0.5) is 13.2 Å². The normalized spacial score (nSPS) is 18.4. The largest absolute Gasteiger partial charge is 0.417 e. The van der Waals surface area contributed by atoms with Crippen LogP contribution in [0.25, 0.3) is 0 Å². The zero-order chi connectivity index (χ0) is 22.2. The molecule has 1 saturated carbocycles. The minimum absolute atomic E-state index is 0.0786. The highest BCUT2D eigenvalue weighted by Gasteiger charge is 2.39. The minimum atomic E-state index is -4.78. The summed E-state index contributed by atoms with van der Waals surface area (Å²) in [6, 6.07) is 4.39. The molecule has 1 saturated heterocycles. The summed E-state index contributed by atoms with van der Waals surface area (Å²) in [5.41, 5.74) is -1.20. The fourth-order valence-corrected chi connectivity index (χ4v) is 5.77. The lowest BCUT2D eigenvalue weighted by Crippen LogP contribution is -2.51. The van der Waals surface area contributed by atoms with Crippen molar-refractivity contribution in [2.75, 3.05) is 31.9 Å². The second-order valence-corrected chi connectivity index (χ2v) is 10.1. The predicted molar refractivity (Wildman–Crippen MR) is 104 cm³/mol. The Bertz CT molecular complexity index is 1060. The van der Waals surface area contributed by atoms with Crippen molar-refractivity contribution in [2.24, 2.45) is 0 Å². The van der Waals surface area contributed by atoms with E-state index in [2.05, 4.69) is 15.5 Å². The van der Waals surface area contributed by atoms with Crippen molar-refractivity contribution in [3.63, 3.8) is 0 Å². The topological polar surface area (TPSA) is 101 Å². The van der Waals surface area contributed by atoms with E-state index in [1.807, 2.05) is 0 Å². The zero-order valence-electron chi connectivity index (χ0n) is 16.2. The third-order valence-corrected chi connectivity index (χ3v) is 7.96. The van der Waals surface area contributed by atoms with Gasteiger partial charge in [-0.1, -0.05) is 23.9 Å². The monoisotopic (exact) mass is 476 g/mol. The van der Waals surface area contributed by atoms with Crippen molar-refractivity contribution >= 4 is 27.7 Å². The van der Waals surface area contributed by atoms with E-state index in [4.69, 9.17) is 0 Å². The number of thioether (sulfide) groups is 1. The van der Waals surface area contributed by atoms with Crippen LogP contribution in [0.3, 0.4) is 0 Å². The fourth-order valence-electron chi connectivity index (χ4n) is 3.29. The van der Waals surface area contributed by atoms with Crippen molar-refractivity contribution in [3.05, 3.63) is 29.8 Å². The second-order valence-electron chi connectivity index (χ2n) is 7.20. The van der Waals surface area contributed by atoms with Gasteiger partial charge in [-0.2, -0.15) is 17.5 Å². The maximum atomic E-state index is 13.2. The standard InChI is InChI=1S/C17H19F3N6O3S2/c18-17(19,20)13-3-1-2-4-14(13)31(28,29)25-9-7-24(8-10-25)15(27)11-30-16-21-22-23-26(16)12-5-6-12/h1-4,12H,5-11H2. The molecule has 0 radical (unpaired) electrons. The maximum absolute atomic E-state index is 13.2. The van der Waals surface area contributed by atoms with Crippen LogP contribution in [0.2, 0.25) is 0 Å². The van der Waals surface area contributed by atoms with E-state index in [1.165, 1.54) is 22.7 Å². The van der Waals surface area contributed by atoms with Gasteiger partial charge >= 0.3 is 6.18 Å². The Hall–Kier alpha value is -2.19. The third-order valence-electron chi connectivity index (χ3n) is 5.08. The second kappa shape index (κ2) is 8.39. The lowest BCUT2D eigenvalue weighted by Gasteiger charge is -2.34. The highest BCUT2D eigenvalue weighted by molar-refractivity contribution is 7.99. The lowest BCUT2D eigenvalue weighted by molar-refractivity contribution is -0.139. The number of hydrogen-bond acceptors (Lipinski definition) is 7. The van der Waals surface area contributed by atoms with Crippen molar-refractivity contribution in [2.45, 2.75) is 35.1 Å². The molecule has 1 aliphatic heterocycles. The highest BCUT2D eigenvalue weighted by atomic mass is 32.2. The molecule has 4 rings (SSSR count). The molecule has 0 unspecified atom stereocenters. The first-order valence-corrected chi connectivity index (χ1v) is 12.0. The van der Waals surface area contributed by atoms with Crippen LogP contribution < -0.4 is 0 Å². The Kier molecular flexibility index (Phi) is 5.96. The van der Waals surface area contributed by atoms with Gasteiger partial charge in [-0.3, -0.25) is 4.79 Å². The molecule has 2 fully saturated rings. The van der Waals surface area contributed by atoms with E-state index in [-0.39, 0.29) is 43.9 Å². The number of tetrazole rings is 1. The average Bonchev–Trinajstić information content (AvgIpc) is 3.49. The van der Waals surface area contributed by atoms with Crippen LogP contribution in [0.5, 0.6) is 0 Å². The summed E-state index contributed by atoms with van der Waals surface area (Å²) in [6.07, 6.45) is -2.78. The molecular weight excluding hydrogens is 457 g/mol. The number of amides is 1. The molecule has 1 aliphatic carbocycles. The Labute approximate surface area is 180 Å². The van der Waals surface area contributed by atoms with E-state index in [1.54, 1.807) is 4.68 Å². The Morgan fingerprint density at radius 1 is 1.13 bits per heavy atom. The summed E-state index contributed by atoms with van der Waals surface area (Å²) in [5, 5.41) is 12.0. The van der Waals surface area contributed by atoms with Gasteiger partial charge in [0.05, 0.1) is 22.3 Å². The van der Waals surface area contributed by atoms with Gasteiger partial charge in [-0.25, -0.2) is 13.1 Å². The van der Waals surface area contributed by atoms with Gasteiger partial charge in [0.2, 0.25) is 21.1 Å². The molecule has 9 nitrogen and oxygen atoms in total. The smallest absolute Gasteiger partial charge is 0.339 e. The van der Waals surface area contributed by atoms with E-state index < -0.39 is 26.7 Å². The number of nitrogens with zero attached hydrogens (tertiary/aromatic N) is 6. The van der Waals surface area contributed by atoms with Crippen LogP contribution in [0.1, 0.15) is 24.4 Å². The number of carbonyl (C=O) groups is 1. The third kappa shape index (κ3) is 4.70. The molecule has 1 aromatic carbocycles. The molecule has 2 aliphatic rings. The summed E-state index contributed by atoms with van der Waals surface area (Å²) < 4.78 is 68.0. The number of rotatable bonds is 6. The Morgan fingerprint density at radius 2 is 1.81 bits per heavy atom. The molecule has 31 heavy (non-hydrogen) atoms. The molecule has 0 spiro atoms. The van der Waals surface area contributed by atoms with E-state index in [0.717, 1.165) is 35.3 Å². The Balaban J connectivity index is 1.37. The fraction of sp³-hybridized carbons (Fsp3) is 0.529. The van der Waals surface area contributed by atoms with Crippen LogP contribution in [-0.4, -0.2) is 75.7 Å². The van der Waals surface area contributed by atoms with Crippen LogP contribution in [0.15, 0.2) is 34.3 Å². The van der Waals surface area contributed by atoms with E-state index >= 15 is 0 Å². The SMILES string of the molecule is O=C(CSc1nnnn1C1CC1)N1CCN(S(=O)(=O)c2ccccc2C(F)(F)F)CC1. The molecule has 0 bridgehead atoms. The van der Waals surface area contributed by atoms with Gasteiger partial charge in [-0.05, 0) is 35.4 Å². The molecule has 168 valence electrons. The number of sulfonamides is 1. The summed E-state index contributed by atoms with van der Waals surface area (Å²) in [7, 11) is -4.34. The van der Waals surface area contributed by atoms with Gasteiger partial charge in [0.1, 0.15) is 0 Å². The summed E-state index contributed by atoms with van der Waals surface area (Å²) >= 11 is 1.21. The predicted octanol–water partition coefficient (Wildman–Crippen LogP) is 1.65. The average molecular weight is 477 g/mol. The van der Waals surface area contributed by atoms with Crippen molar-refractivity contribution < 1.29 is 26.4 Å². The molecule has 2 aromatic rings. The van der Waals surface area contributed by atoms with Gasteiger partial charge in [0.15, 0.2) is 0 Å². The van der Waals surface area contributed by atoms with Gasteiger partial charge in [0, 0.05) is 26.2 Å². The number of alkyl halides is 3.